The molecule has 4 rings (SSSR count). The van der Waals surface area contributed by atoms with Crippen LogP contribution in [0.3, 0.4) is 0 Å². The number of hydrogen-bond donors (Lipinski definition) is 0. The number of aromatic nitrogens is 2. The van der Waals surface area contributed by atoms with Crippen LogP contribution in [0.4, 0.5) is 5.82 Å². The topological polar surface area (TPSA) is 57.9 Å². The Kier molecular flexibility index (Phi) is 7.70. The second-order valence-electron chi connectivity index (χ2n) is 7.93. The fourth-order valence-corrected chi connectivity index (χ4v) is 5.32. The lowest BCUT2D eigenvalue weighted by atomic mass is 10.2. The number of anilines is 1. The number of carbonyl (C=O) groups excluding carboxylic acids is 1. The van der Waals surface area contributed by atoms with E-state index in [0.717, 1.165) is 31.5 Å². The van der Waals surface area contributed by atoms with E-state index in [2.05, 4.69) is 18.7 Å². The molecule has 1 amide bonds. The van der Waals surface area contributed by atoms with Gasteiger partial charge in [0.15, 0.2) is 0 Å². The van der Waals surface area contributed by atoms with Gasteiger partial charge in [-0.2, -0.15) is 0 Å². The zero-order valence-electron chi connectivity index (χ0n) is 19.0. The number of halogens is 1. The third-order valence-corrected chi connectivity index (χ3v) is 7.22. The highest BCUT2D eigenvalue weighted by Crippen LogP contribution is 2.35. The molecule has 0 radical (unpaired) electrons. The van der Waals surface area contributed by atoms with Crippen molar-refractivity contribution >= 4 is 63.3 Å². The van der Waals surface area contributed by atoms with E-state index in [9.17, 15) is 9.59 Å². The van der Waals surface area contributed by atoms with Crippen LogP contribution in [0.2, 0.25) is 5.02 Å². The summed E-state index contributed by atoms with van der Waals surface area (Å²) in [6.45, 7) is 5.99. The molecule has 0 atom stereocenters. The van der Waals surface area contributed by atoms with Crippen molar-refractivity contribution in [2.45, 2.75) is 33.2 Å². The van der Waals surface area contributed by atoms with Gasteiger partial charge in [-0.15, -0.1) is 0 Å². The number of thioether (sulfide) groups is 1. The van der Waals surface area contributed by atoms with E-state index < -0.39 is 0 Å². The number of benzene rings is 1. The molecule has 176 valence electrons. The molecule has 3 aromatic rings. The maximum atomic E-state index is 13.5. The quantitative estimate of drug-likeness (QED) is 0.298. The lowest BCUT2D eigenvalue weighted by Crippen LogP contribution is -2.31. The van der Waals surface area contributed by atoms with Gasteiger partial charge in [0, 0.05) is 24.3 Å². The molecule has 1 aliphatic heterocycles. The summed E-state index contributed by atoms with van der Waals surface area (Å²) in [7, 11) is 0. The molecule has 6 nitrogen and oxygen atoms in total. The fraction of sp³-hybridized carbons (Fsp3) is 0.280. The van der Waals surface area contributed by atoms with Crippen LogP contribution in [0.1, 0.15) is 37.8 Å². The molecule has 0 aliphatic carbocycles. The predicted molar refractivity (Wildman–Crippen MR) is 144 cm³/mol. The van der Waals surface area contributed by atoms with Gasteiger partial charge < -0.3 is 4.90 Å². The van der Waals surface area contributed by atoms with Gasteiger partial charge >= 0.3 is 0 Å². The smallest absolute Gasteiger partial charge is 0.267 e. The van der Waals surface area contributed by atoms with Gasteiger partial charge in [-0.1, -0.05) is 73.7 Å². The van der Waals surface area contributed by atoms with Gasteiger partial charge in [0.1, 0.15) is 15.8 Å². The maximum Gasteiger partial charge on any atom is 0.267 e. The largest absolute Gasteiger partial charge is 0.356 e. The highest BCUT2D eigenvalue weighted by atomic mass is 35.5. The van der Waals surface area contributed by atoms with Crippen LogP contribution in [0, 0.1) is 0 Å². The number of thiocarbonyl (C=S) groups is 1. The van der Waals surface area contributed by atoms with E-state index in [1.54, 1.807) is 24.4 Å². The first kappa shape index (κ1) is 24.4. The monoisotopic (exact) mass is 512 g/mol. The van der Waals surface area contributed by atoms with Crippen LogP contribution in [0.15, 0.2) is 58.4 Å². The molecule has 0 unspecified atom stereocenters. The van der Waals surface area contributed by atoms with Crippen LogP contribution in [-0.2, 0) is 11.3 Å². The Hall–Kier alpha value is -2.68. The first-order valence-electron chi connectivity index (χ1n) is 11.2. The summed E-state index contributed by atoms with van der Waals surface area (Å²) in [5, 5.41) is 0.578. The highest BCUT2D eigenvalue weighted by Gasteiger charge is 2.33. The molecule has 0 spiro atoms. The summed E-state index contributed by atoms with van der Waals surface area (Å²) >= 11 is 13.0. The molecule has 1 fully saturated rings. The van der Waals surface area contributed by atoms with Crippen molar-refractivity contribution < 1.29 is 4.79 Å². The number of pyridine rings is 1. The third-order valence-electron chi connectivity index (χ3n) is 5.47. The molecule has 9 heteroatoms. The fourth-order valence-electron chi connectivity index (χ4n) is 3.89. The molecule has 1 aromatic carbocycles. The van der Waals surface area contributed by atoms with Crippen LogP contribution >= 0.6 is 35.6 Å². The minimum atomic E-state index is -0.240. The van der Waals surface area contributed by atoms with Gasteiger partial charge in [0.2, 0.25) is 0 Å². The van der Waals surface area contributed by atoms with Gasteiger partial charge in [-0.3, -0.25) is 18.9 Å². The Morgan fingerprint density at radius 3 is 2.50 bits per heavy atom. The number of nitrogens with zero attached hydrogens (tertiary/aromatic N) is 4. The molecular weight excluding hydrogens is 488 g/mol. The van der Waals surface area contributed by atoms with Crippen molar-refractivity contribution in [3.8, 4) is 0 Å². The van der Waals surface area contributed by atoms with E-state index in [1.165, 1.54) is 21.1 Å². The molecule has 1 saturated heterocycles. The van der Waals surface area contributed by atoms with Crippen LogP contribution in [-0.4, -0.2) is 37.6 Å². The minimum Gasteiger partial charge on any atom is -0.356 e. The Morgan fingerprint density at radius 1 is 1.09 bits per heavy atom. The van der Waals surface area contributed by atoms with Crippen molar-refractivity contribution in [1.29, 1.82) is 0 Å². The van der Waals surface area contributed by atoms with Gasteiger partial charge in [-0.05, 0) is 42.7 Å². The Morgan fingerprint density at radius 2 is 1.79 bits per heavy atom. The molecule has 1 aliphatic rings. The zero-order valence-corrected chi connectivity index (χ0v) is 21.4. The summed E-state index contributed by atoms with van der Waals surface area (Å²) in [6.07, 6.45) is 5.16. The molecule has 34 heavy (non-hydrogen) atoms. The molecule has 3 heterocycles. The van der Waals surface area contributed by atoms with E-state index >= 15 is 0 Å². The lowest BCUT2D eigenvalue weighted by molar-refractivity contribution is -0.122. The summed E-state index contributed by atoms with van der Waals surface area (Å²) in [6, 6.07) is 12.8. The SMILES string of the molecule is CCCN(CCC)c1nc2ccccn2c(=O)c1C=C1SC(=S)N(Cc2ccccc2Cl)C1=O. The standard InChI is InChI=1S/C25H25ClN4O2S2/c1-3-12-28(13-4-2)22-18(23(31)29-14-8-7-11-21(29)27-22)15-20-24(32)30(25(33)34-20)16-17-9-5-6-10-19(17)26/h5-11,14-15H,3-4,12-13,16H2,1-2H3. The average molecular weight is 513 g/mol. The Labute approximate surface area is 213 Å². The number of fused-ring (bicyclic) bond motifs is 1. The van der Waals surface area contributed by atoms with E-state index in [1.807, 2.05) is 30.3 Å². The van der Waals surface area contributed by atoms with Crippen molar-refractivity contribution in [3.05, 3.63) is 80.1 Å². The number of carbonyl (C=O) groups is 1. The normalized spacial score (nSPS) is 15.0. The number of amides is 1. The molecule has 0 saturated carbocycles. The van der Waals surface area contributed by atoms with Gasteiger partial charge in [0.25, 0.3) is 11.5 Å². The minimum absolute atomic E-state index is 0.214. The van der Waals surface area contributed by atoms with E-state index in [-0.39, 0.29) is 18.0 Å². The lowest BCUT2D eigenvalue weighted by Gasteiger charge is -2.24. The summed E-state index contributed by atoms with van der Waals surface area (Å²) in [5.41, 5.74) is 1.56. The predicted octanol–water partition coefficient (Wildman–Crippen LogP) is 5.38. The zero-order chi connectivity index (χ0) is 24.2. The third kappa shape index (κ3) is 4.89. The number of hydrogen-bond acceptors (Lipinski definition) is 6. The molecule has 2 aromatic heterocycles. The summed E-state index contributed by atoms with van der Waals surface area (Å²) in [5.74, 6) is 0.354. The first-order valence-corrected chi connectivity index (χ1v) is 12.8. The van der Waals surface area contributed by atoms with Crippen LogP contribution in [0.5, 0.6) is 0 Å². The van der Waals surface area contributed by atoms with Crippen LogP contribution < -0.4 is 10.5 Å². The molecule has 0 N–H and O–H groups in total. The second-order valence-corrected chi connectivity index (χ2v) is 10.0. The van der Waals surface area contributed by atoms with Crippen molar-refractivity contribution in [1.82, 2.24) is 14.3 Å². The Balaban J connectivity index is 1.79. The van der Waals surface area contributed by atoms with Crippen molar-refractivity contribution in [2.75, 3.05) is 18.0 Å². The summed E-state index contributed by atoms with van der Waals surface area (Å²) < 4.78 is 1.95. The highest BCUT2D eigenvalue weighted by molar-refractivity contribution is 8.26. The van der Waals surface area contributed by atoms with Crippen molar-refractivity contribution in [3.63, 3.8) is 0 Å². The van der Waals surface area contributed by atoms with Gasteiger partial charge in [-0.25, -0.2) is 4.98 Å². The Bertz CT molecular complexity index is 1330. The van der Waals surface area contributed by atoms with E-state index in [4.69, 9.17) is 28.8 Å². The van der Waals surface area contributed by atoms with Gasteiger partial charge in [0.05, 0.1) is 17.0 Å². The molecular formula is C25H25ClN4O2S2. The first-order chi connectivity index (χ1) is 16.4. The van der Waals surface area contributed by atoms with Crippen LogP contribution in [0.25, 0.3) is 11.7 Å². The van der Waals surface area contributed by atoms with E-state index in [0.29, 0.717) is 31.3 Å². The maximum absolute atomic E-state index is 13.5. The molecule has 0 bridgehead atoms. The second kappa shape index (κ2) is 10.7. The van der Waals surface area contributed by atoms with Crippen molar-refractivity contribution in [2.24, 2.45) is 0 Å². The average Bonchev–Trinajstić information content (AvgIpc) is 3.09. The number of rotatable bonds is 8. The summed E-state index contributed by atoms with van der Waals surface area (Å²) in [4.78, 5) is 35.7.